The predicted molar refractivity (Wildman–Crippen MR) is 83.5 cm³/mol. The number of ether oxygens (including phenoxy) is 2. The number of aromatic nitrogens is 2. The van der Waals surface area contributed by atoms with E-state index in [2.05, 4.69) is 9.36 Å². The van der Waals surface area contributed by atoms with Crippen molar-refractivity contribution in [3.63, 3.8) is 0 Å². The first-order valence-corrected chi connectivity index (χ1v) is 8.89. The first kappa shape index (κ1) is 17.3. The minimum absolute atomic E-state index is 0.216. The molecule has 8 nitrogen and oxygen atoms in total. The van der Waals surface area contributed by atoms with E-state index in [0.717, 1.165) is 0 Å². The fourth-order valence-electron chi connectivity index (χ4n) is 1.47. The summed E-state index contributed by atoms with van der Waals surface area (Å²) in [4.78, 5) is 15.3. The Morgan fingerprint density at radius 3 is 2.48 bits per heavy atom. The number of carbonyl (C=O) groups is 1. The van der Waals surface area contributed by atoms with Crippen LogP contribution in [0.2, 0.25) is 0 Å². The van der Waals surface area contributed by atoms with Crippen LogP contribution >= 0.6 is 11.5 Å². The number of carbonyl (C=O) groups excluding carboxylic acids is 1. The van der Waals surface area contributed by atoms with Crippen molar-refractivity contribution >= 4 is 27.7 Å². The average molecular weight is 357 g/mol. The van der Waals surface area contributed by atoms with Gasteiger partial charge < -0.3 is 9.47 Å². The maximum absolute atomic E-state index is 11.4. The molecule has 1 heterocycles. The molecule has 0 amide bonds. The third-order valence-electron chi connectivity index (χ3n) is 2.50. The van der Waals surface area contributed by atoms with Gasteiger partial charge in [0.1, 0.15) is 5.75 Å². The maximum atomic E-state index is 11.4. The van der Waals surface area contributed by atoms with Gasteiger partial charge in [0, 0.05) is 5.56 Å². The molecule has 2 N–H and O–H groups in total. The van der Waals surface area contributed by atoms with Crippen LogP contribution < -0.4 is 9.88 Å². The topological polar surface area (TPSA) is 121 Å². The molecule has 0 spiro atoms. The van der Waals surface area contributed by atoms with Gasteiger partial charge >= 0.3 is 6.16 Å². The zero-order chi connectivity index (χ0) is 17.0. The Balaban J connectivity index is 2.05. The summed E-state index contributed by atoms with van der Waals surface area (Å²) in [6.45, 7) is 4.10. The molecule has 0 radical (unpaired) electrons. The van der Waals surface area contributed by atoms with Gasteiger partial charge in [0.2, 0.25) is 4.34 Å². The van der Waals surface area contributed by atoms with E-state index in [1.54, 1.807) is 12.1 Å². The van der Waals surface area contributed by atoms with Crippen LogP contribution in [0.1, 0.15) is 13.8 Å². The highest BCUT2D eigenvalue weighted by Gasteiger charge is 2.16. The lowest BCUT2D eigenvalue weighted by atomic mass is 10.2. The van der Waals surface area contributed by atoms with Crippen molar-refractivity contribution in [3.05, 3.63) is 24.3 Å². The van der Waals surface area contributed by atoms with E-state index in [1.807, 2.05) is 13.8 Å². The van der Waals surface area contributed by atoms with Crippen LogP contribution in [0.25, 0.3) is 11.4 Å². The minimum Gasteiger partial charge on any atom is -0.434 e. The van der Waals surface area contributed by atoms with Crippen molar-refractivity contribution in [1.29, 1.82) is 0 Å². The minimum atomic E-state index is -3.87. The number of hydrogen-bond donors (Lipinski definition) is 1. The summed E-state index contributed by atoms with van der Waals surface area (Å²) in [5.41, 5.74) is 0.569. The summed E-state index contributed by atoms with van der Waals surface area (Å²) >= 11 is 0.696. The molecule has 0 fully saturated rings. The van der Waals surface area contributed by atoms with Gasteiger partial charge in [-0.15, -0.1) is 0 Å². The predicted octanol–water partition coefficient (Wildman–Crippen LogP) is 2.02. The van der Waals surface area contributed by atoms with Gasteiger partial charge in [0.25, 0.3) is 10.0 Å². The third-order valence-corrected chi connectivity index (χ3v) is 4.51. The highest BCUT2D eigenvalue weighted by Crippen LogP contribution is 2.23. The standard InChI is InChI=1S/C13H15N3O5S2/c1-8(2)7-20-13(17)21-10-5-3-9(4-6-10)11-15-12(22-16-11)23(14,18)19/h3-6,8H,7H2,1-2H3,(H2,14,18,19). The van der Waals surface area contributed by atoms with Crippen molar-refractivity contribution in [2.75, 3.05) is 6.61 Å². The fourth-order valence-corrected chi connectivity index (χ4v) is 2.65. The van der Waals surface area contributed by atoms with Gasteiger partial charge in [0.05, 0.1) is 6.61 Å². The van der Waals surface area contributed by atoms with E-state index >= 15 is 0 Å². The Morgan fingerprint density at radius 2 is 1.96 bits per heavy atom. The van der Waals surface area contributed by atoms with Crippen molar-refractivity contribution < 1.29 is 22.7 Å². The summed E-state index contributed by atoms with van der Waals surface area (Å²) in [6.07, 6.45) is -0.783. The van der Waals surface area contributed by atoms with Crippen LogP contribution in [0.4, 0.5) is 4.79 Å². The summed E-state index contributed by atoms with van der Waals surface area (Å²) in [7, 11) is -3.87. The van der Waals surface area contributed by atoms with Crippen molar-refractivity contribution in [2.45, 2.75) is 18.2 Å². The summed E-state index contributed by atoms with van der Waals surface area (Å²) in [6, 6.07) is 6.26. The number of rotatable bonds is 5. The molecule has 124 valence electrons. The van der Waals surface area contributed by atoms with Crippen LogP contribution in [-0.2, 0) is 14.8 Å². The second-order valence-corrected chi connectivity index (χ2v) is 7.50. The molecule has 0 aliphatic carbocycles. The maximum Gasteiger partial charge on any atom is 0.513 e. The molecule has 0 bridgehead atoms. The Morgan fingerprint density at radius 1 is 1.30 bits per heavy atom. The smallest absolute Gasteiger partial charge is 0.434 e. The second kappa shape index (κ2) is 7.02. The normalized spacial score (nSPS) is 11.5. The first-order chi connectivity index (χ1) is 10.8. The average Bonchev–Trinajstić information content (AvgIpc) is 2.96. The number of benzene rings is 1. The second-order valence-electron chi connectivity index (χ2n) is 5.01. The molecule has 10 heteroatoms. The Bertz CT molecular complexity index is 784. The Labute approximate surface area is 137 Å². The highest BCUT2D eigenvalue weighted by molar-refractivity contribution is 7.91. The Kier molecular flexibility index (Phi) is 5.29. The molecule has 23 heavy (non-hydrogen) atoms. The van der Waals surface area contributed by atoms with Gasteiger partial charge in [-0.05, 0) is 41.7 Å². The molecule has 0 saturated carbocycles. The zero-order valence-electron chi connectivity index (χ0n) is 12.4. The molecule has 1 aromatic carbocycles. The van der Waals surface area contributed by atoms with Gasteiger partial charge in [0.15, 0.2) is 5.82 Å². The number of hydrogen-bond acceptors (Lipinski definition) is 8. The molecule has 1 aromatic heterocycles. The van der Waals surface area contributed by atoms with Crippen molar-refractivity contribution in [1.82, 2.24) is 9.36 Å². The van der Waals surface area contributed by atoms with Gasteiger partial charge in [-0.3, -0.25) is 0 Å². The van der Waals surface area contributed by atoms with Crippen LogP contribution in [-0.4, -0.2) is 30.5 Å². The summed E-state index contributed by atoms with van der Waals surface area (Å²) in [5, 5.41) is 4.99. The fraction of sp³-hybridized carbons (Fsp3) is 0.308. The van der Waals surface area contributed by atoms with Gasteiger partial charge in [-0.2, -0.15) is 4.37 Å². The van der Waals surface area contributed by atoms with E-state index in [0.29, 0.717) is 22.8 Å². The molecule has 0 aliphatic heterocycles. The largest absolute Gasteiger partial charge is 0.513 e. The van der Waals surface area contributed by atoms with Crippen molar-refractivity contribution in [2.24, 2.45) is 11.1 Å². The molecular weight excluding hydrogens is 342 g/mol. The van der Waals surface area contributed by atoms with E-state index < -0.39 is 16.2 Å². The van der Waals surface area contributed by atoms with Crippen LogP contribution in [0.5, 0.6) is 5.75 Å². The van der Waals surface area contributed by atoms with E-state index in [1.165, 1.54) is 12.1 Å². The van der Waals surface area contributed by atoms with Gasteiger partial charge in [-0.25, -0.2) is 23.3 Å². The number of nitrogens with two attached hydrogens (primary N) is 1. The molecule has 0 saturated heterocycles. The van der Waals surface area contributed by atoms with E-state index in [9.17, 15) is 13.2 Å². The molecular formula is C13H15N3O5S2. The third kappa shape index (κ3) is 4.98. The van der Waals surface area contributed by atoms with Gasteiger partial charge in [-0.1, -0.05) is 13.8 Å². The van der Waals surface area contributed by atoms with E-state index in [4.69, 9.17) is 14.6 Å². The van der Waals surface area contributed by atoms with E-state index in [-0.39, 0.29) is 22.7 Å². The lowest BCUT2D eigenvalue weighted by Crippen LogP contribution is -2.14. The molecule has 0 aliphatic rings. The number of sulfonamides is 1. The number of nitrogens with zero attached hydrogens (tertiary/aromatic N) is 2. The van der Waals surface area contributed by atoms with Crippen molar-refractivity contribution in [3.8, 4) is 17.1 Å². The van der Waals surface area contributed by atoms with Crippen LogP contribution in [0, 0.1) is 5.92 Å². The quantitative estimate of drug-likeness (QED) is 0.641. The highest BCUT2D eigenvalue weighted by atomic mass is 32.2. The lowest BCUT2D eigenvalue weighted by molar-refractivity contribution is 0.0886. The van der Waals surface area contributed by atoms with Crippen LogP contribution in [0.15, 0.2) is 28.6 Å². The Hall–Kier alpha value is -2.04. The molecule has 0 atom stereocenters. The monoisotopic (exact) mass is 357 g/mol. The van der Waals surface area contributed by atoms with Crippen LogP contribution in [0.3, 0.4) is 0 Å². The molecule has 0 unspecified atom stereocenters. The SMILES string of the molecule is CC(C)COC(=O)Oc1ccc(-c2nsc(S(N)(=O)=O)n2)cc1. The number of primary sulfonamides is 1. The summed E-state index contributed by atoms with van der Waals surface area (Å²) in [5.74, 6) is 0.742. The summed E-state index contributed by atoms with van der Waals surface area (Å²) < 4.78 is 35.9. The first-order valence-electron chi connectivity index (χ1n) is 6.57. The zero-order valence-corrected chi connectivity index (χ0v) is 14.1. The molecule has 2 aromatic rings. The molecule has 2 rings (SSSR count). The lowest BCUT2D eigenvalue weighted by Gasteiger charge is -2.07.